The third-order valence-electron chi connectivity index (χ3n) is 4.51. The second-order valence-corrected chi connectivity index (χ2v) is 6.97. The standard InChI is InChI=1S/C21H18ClN5O2/c1-13-19(20(28)23-17-6-4-3-5-7-17)25-26-27(13)12-18-14(2)29-21(24-18)15-8-10-16(22)11-9-15/h3-11H,12H2,1-2H3,(H,23,28). The molecule has 4 aromatic rings. The third-order valence-corrected chi connectivity index (χ3v) is 4.76. The molecule has 7 nitrogen and oxygen atoms in total. The molecular formula is C21H18ClN5O2. The molecule has 8 heteroatoms. The van der Waals surface area contributed by atoms with Crippen molar-refractivity contribution in [2.24, 2.45) is 0 Å². The van der Waals surface area contributed by atoms with Gasteiger partial charge in [0.05, 0.1) is 12.2 Å². The lowest BCUT2D eigenvalue weighted by Crippen LogP contribution is -2.14. The van der Waals surface area contributed by atoms with Gasteiger partial charge in [-0.2, -0.15) is 0 Å². The highest BCUT2D eigenvalue weighted by Crippen LogP contribution is 2.24. The molecule has 29 heavy (non-hydrogen) atoms. The fraction of sp³-hybridized carbons (Fsp3) is 0.143. The van der Waals surface area contributed by atoms with E-state index in [0.717, 1.165) is 11.3 Å². The molecule has 0 aliphatic carbocycles. The van der Waals surface area contributed by atoms with Crippen LogP contribution in [-0.2, 0) is 6.54 Å². The SMILES string of the molecule is Cc1oc(-c2ccc(Cl)cc2)nc1Cn1nnc(C(=O)Nc2ccccc2)c1C. The minimum absolute atomic E-state index is 0.271. The maximum Gasteiger partial charge on any atom is 0.278 e. The average molecular weight is 408 g/mol. The fourth-order valence-corrected chi connectivity index (χ4v) is 2.99. The van der Waals surface area contributed by atoms with Gasteiger partial charge in [0.1, 0.15) is 11.5 Å². The fourth-order valence-electron chi connectivity index (χ4n) is 2.86. The van der Waals surface area contributed by atoms with E-state index in [2.05, 4.69) is 20.6 Å². The summed E-state index contributed by atoms with van der Waals surface area (Å²) in [7, 11) is 0. The summed E-state index contributed by atoms with van der Waals surface area (Å²) in [6, 6.07) is 16.5. The topological polar surface area (TPSA) is 85.8 Å². The summed E-state index contributed by atoms with van der Waals surface area (Å²) in [6.45, 7) is 3.99. The van der Waals surface area contributed by atoms with Crippen LogP contribution >= 0.6 is 11.6 Å². The number of benzene rings is 2. The predicted octanol–water partition coefficient (Wildman–Crippen LogP) is 4.50. The van der Waals surface area contributed by atoms with Gasteiger partial charge in [-0.15, -0.1) is 5.10 Å². The number of nitrogens with one attached hydrogen (secondary N) is 1. The van der Waals surface area contributed by atoms with E-state index in [0.29, 0.717) is 34.6 Å². The van der Waals surface area contributed by atoms with E-state index in [4.69, 9.17) is 16.0 Å². The maximum atomic E-state index is 12.5. The molecule has 0 spiro atoms. The number of rotatable bonds is 5. The van der Waals surface area contributed by atoms with Crippen LogP contribution in [0.2, 0.25) is 5.02 Å². The first-order chi connectivity index (χ1) is 14.0. The van der Waals surface area contributed by atoms with E-state index < -0.39 is 0 Å². The summed E-state index contributed by atoms with van der Waals surface area (Å²) in [5, 5.41) is 11.6. The molecule has 2 heterocycles. The van der Waals surface area contributed by atoms with Gasteiger partial charge in [-0.05, 0) is 50.2 Å². The monoisotopic (exact) mass is 407 g/mol. The van der Waals surface area contributed by atoms with Crippen LogP contribution in [0.1, 0.15) is 27.6 Å². The van der Waals surface area contributed by atoms with E-state index >= 15 is 0 Å². The van der Waals surface area contributed by atoms with Crippen LogP contribution in [0.15, 0.2) is 59.0 Å². The Balaban J connectivity index is 1.53. The van der Waals surface area contributed by atoms with Gasteiger partial charge in [0, 0.05) is 16.3 Å². The summed E-state index contributed by atoms with van der Waals surface area (Å²) in [5.74, 6) is 0.882. The number of para-hydroxylation sites is 1. The van der Waals surface area contributed by atoms with Gasteiger partial charge >= 0.3 is 0 Å². The molecule has 1 amide bonds. The first kappa shape index (κ1) is 18.9. The molecule has 0 radical (unpaired) electrons. The summed E-state index contributed by atoms with van der Waals surface area (Å²) >= 11 is 5.94. The van der Waals surface area contributed by atoms with Crippen LogP contribution in [0.5, 0.6) is 0 Å². The Labute approximate surface area is 172 Å². The molecule has 0 saturated carbocycles. The number of nitrogens with zero attached hydrogens (tertiary/aromatic N) is 4. The van der Waals surface area contributed by atoms with Crippen molar-refractivity contribution < 1.29 is 9.21 Å². The molecule has 2 aromatic heterocycles. The zero-order valence-electron chi connectivity index (χ0n) is 15.9. The quantitative estimate of drug-likeness (QED) is 0.526. The lowest BCUT2D eigenvalue weighted by atomic mass is 10.2. The number of carbonyl (C=O) groups is 1. The first-order valence-corrected chi connectivity index (χ1v) is 9.38. The van der Waals surface area contributed by atoms with Crippen LogP contribution in [0.4, 0.5) is 5.69 Å². The summed E-state index contributed by atoms with van der Waals surface area (Å²) < 4.78 is 7.43. The molecule has 0 aliphatic rings. The molecule has 1 N–H and O–H groups in total. The molecule has 0 bridgehead atoms. The number of hydrogen-bond donors (Lipinski definition) is 1. The number of carbonyl (C=O) groups excluding carboxylic acids is 1. The molecular weight excluding hydrogens is 390 g/mol. The van der Waals surface area contributed by atoms with Crippen LogP contribution in [0.25, 0.3) is 11.5 Å². The van der Waals surface area contributed by atoms with Gasteiger partial charge < -0.3 is 9.73 Å². The highest BCUT2D eigenvalue weighted by Gasteiger charge is 2.19. The van der Waals surface area contributed by atoms with Crippen molar-refractivity contribution in [1.29, 1.82) is 0 Å². The molecule has 146 valence electrons. The van der Waals surface area contributed by atoms with Crippen LogP contribution in [0, 0.1) is 13.8 Å². The number of halogens is 1. The largest absolute Gasteiger partial charge is 0.441 e. The van der Waals surface area contributed by atoms with Gasteiger partial charge in [-0.3, -0.25) is 4.79 Å². The van der Waals surface area contributed by atoms with Crippen molar-refractivity contribution in [3.8, 4) is 11.5 Å². The lowest BCUT2D eigenvalue weighted by molar-refractivity contribution is 0.102. The zero-order chi connectivity index (χ0) is 20.4. The normalized spacial score (nSPS) is 10.9. The minimum Gasteiger partial charge on any atom is -0.441 e. The molecule has 0 unspecified atom stereocenters. The van der Waals surface area contributed by atoms with E-state index in [1.807, 2.05) is 49.4 Å². The van der Waals surface area contributed by atoms with Crippen molar-refractivity contribution in [3.05, 3.63) is 82.5 Å². The molecule has 0 aliphatic heterocycles. The lowest BCUT2D eigenvalue weighted by Gasteiger charge is -2.04. The number of oxazole rings is 1. The molecule has 0 atom stereocenters. The van der Waals surface area contributed by atoms with Gasteiger partial charge in [0.15, 0.2) is 5.69 Å². The van der Waals surface area contributed by atoms with Crippen LogP contribution in [0.3, 0.4) is 0 Å². The Morgan fingerprint density at radius 1 is 1.10 bits per heavy atom. The molecule has 4 rings (SSSR count). The Bertz CT molecular complexity index is 1150. The van der Waals surface area contributed by atoms with Gasteiger partial charge in [-0.25, -0.2) is 9.67 Å². The van der Waals surface area contributed by atoms with Crippen LogP contribution < -0.4 is 5.32 Å². The highest BCUT2D eigenvalue weighted by atomic mass is 35.5. The van der Waals surface area contributed by atoms with Gasteiger partial charge in [0.25, 0.3) is 5.91 Å². The van der Waals surface area contributed by atoms with E-state index in [1.54, 1.807) is 23.7 Å². The van der Waals surface area contributed by atoms with Crippen molar-refractivity contribution in [2.45, 2.75) is 20.4 Å². The molecule has 2 aromatic carbocycles. The average Bonchev–Trinajstić information content (AvgIpc) is 3.26. The van der Waals surface area contributed by atoms with Crippen molar-refractivity contribution in [3.63, 3.8) is 0 Å². The first-order valence-electron chi connectivity index (χ1n) is 9.00. The smallest absolute Gasteiger partial charge is 0.278 e. The number of hydrogen-bond acceptors (Lipinski definition) is 5. The number of aryl methyl sites for hydroxylation is 1. The van der Waals surface area contributed by atoms with Crippen molar-refractivity contribution >= 4 is 23.2 Å². The summed E-state index contributed by atoms with van der Waals surface area (Å²) in [6.07, 6.45) is 0. The predicted molar refractivity (Wildman–Crippen MR) is 110 cm³/mol. The maximum absolute atomic E-state index is 12.5. The third kappa shape index (κ3) is 4.05. The van der Waals surface area contributed by atoms with Crippen molar-refractivity contribution in [2.75, 3.05) is 5.32 Å². The number of aromatic nitrogens is 4. The Morgan fingerprint density at radius 2 is 1.83 bits per heavy atom. The Hall–Kier alpha value is -3.45. The van der Waals surface area contributed by atoms with Crippen LogP contribution in [-0.4, -0.2) is 25.9 Å². The second-order valence-electron chi connectivity index (χ2n) is 6.53. The zero-order valence-corrected chi connectivity index (χ0v) is 16.6. The summed E-state index contributed by atoms with van der Waals surface area (Å²) in [4.78, 5) is 17.1. The Morgan fingerprint density at radius 3 is 2.55 bits per heavy atom. The summed E-state index contributed by atoms with van der Waals surface area (Å²) in [5.41, 5.74) is 3.17. The van der Waals surface area contributed by atoms with E-state index in [-0.39, 0.29) is 11.6 Å². The van der Waals surface area contributed by atoms with Gasteiger partial charge in [0.2, 0.25) is 5.89 Å². The minimum atomic E-state index is -0.307. The Kier molecular flexibility index (Phi) is 5.14. The highest BCUT2D eigenvalue weighted by molar-refractivity contribution is 6.30. The number of amides is 1. The van der Waals surface area contributed by atoms with E-state index in [9.17, 15) is 4.79 Å². The number of anilines is 1. The second kappa shape index (κ2) is 7.89. The van der Waals surface area contributed by atoms with E-state index in [1.165, 1.54) is 0 Å². The molecule has 0 fully saturated rings. The van der Waals surface area contributed by atoms with Crippen molar-refractivity contribution in [1.82, 2.24) is 20.0 Å². The van der Waals surface area contributed by atoms with Gasteiger partial charge in [-0.1, -0.05) is 35.0 Å². The molecule has 0 saturated heterocycles.